The number of rotatable bonds is 4. The van der Waals surface area contributed by atoms with Crippen LogP contribution in [0.3, 0.4) is 0 Å². The van der Waals surface area contributed by atoms with E-state index in [9.17, 15) is 4.39 Å². The molecule has 0 radical (unpaired) electrons. The van der Waals surface area contributed by atoms with Gasteiger partial charge in [-0.25, -0.2) is 4.39 Å². The van der Waals surface area contributed by atoms with Gasteiger partial charge in [0.25, 0.3) is 0 Å². The minimum absolute atomic E-state index is 0.126. The van der Waals surface area contributed by atoms with Gasteiger partial charge in [0.15, 0.2) is 0 Å². The Balaban J connectivity index is 2.16. The molecule has 0 saturated heterocycles. The van der Waals surface area contributed by atoms with Crippen molar-refractivity contribution in [2.75, 3.05) is 0 Å². The summed E-state index contributed by atoms with van der Waals surface area (Å²) in [6, 6.07) is 9.80. The Kier molecular flexibility index (Phi) is 3.76. The molecule has 0 bridgehead atoms. The molecule has 2 N–H and O–H groups in total. The Bertz CT molecular complexity index is 453. The summed E-state index contributed by atoms with van der Waals surface area (Å²) in [5.41, 5.74) is 5.91. The minimum atomic E-state index is -0.272. The zero-order valence-electron chi connectivity index (χ0n) is 9.47. The molecule has 2 rings (SSSR count). The second kappa shape index (κ2) is 5.29. The van der Waals surface area contributed by atoms with Crippen molar-refractivity contribution in [1.29, 1.82) is 0 Å². The summed E-state index contributed by atoms with van der Waals surface area (Å²) in [5.74, 6) is 0.355. The Labute approximate surface area is 104 Å². The van der Waals surface area contributed by atoms with Crippen LogP contribution in [0.5, 0.6) is 5.75 Å². The Morgan fingerprint density at radius 2 is 1.94 bits per heavy atom. The van der Waals surface area contributed by atoms with Crippen molar-refractivity contribution in [2.45, 2.75) is 19.1 Å². The van der Waals surface area contributed by atoms with E-state index >= 15 is 0 Å². The van der Waals surface area contributed by atoms with Crippen molar-refractivity contribution < 1.29 is 9.13 Å². The lowest BCUT2D eigenvalue weighted by Crippen LogP contribution is -2.28. The molecule has 2 atom stereocenters. The highest BCUT2D eigenvalue weighted by molar-refractivity contribution is 7.10. The fourth-order valence-corrected chi connectivity index (χ4v) is 2.41. The summed E-state index contributed by atoms with van der Waals surface area (Å²) >= 11 is 1.60. The largest absolute Gasteiger partial charge is 0.483 e. The molecule has 2 unspecified atom stereocenters. The summed E-state index contributed by atoms with van der Waals surface area (Å²) in [6.45, 7) is 1.90. The van der Waals surface area contributed by atoms with Crippen molar-refractivity contribution in [3.05, 3.63) is 52.5 Å². The molecule has 0 aliphatic heterocycles. The maximum absolute atomic E-state index is 12.8. The fraction of sp³-hybridized carbons (Fsp3) is 0.231. The quantitative estimate of drug-likeness (QED) is 0.904. The lowest BCUT2D eigenvalue weighted by atomic mass is 10.1. The van der Waals surface area contributed by atoms with Crippen molar-refractivity contribution in [1.82, 2.24) is 0 Å². The average molecular weight is 251 g/mol. The maximum atomic E-state index is 12.8. The van der Waals surface area contributed by atoms with Gasteiger partial charge in [-0.3, -0.25) is 0 Å². The van der Waals surface area contributed by atoms with E-state index in [4.69, 9.17) is 10.5 Å². The molecule has 90 valence electrons. The zero-order valence-corrected chi connectivity index (χ0v) is 10.3. The van der Waals surface area contributed by atoms with E-state index in [1.165, 1.54) is 12.1 Å². The predicted octanol–water partition coefficient (Wildman–Crippen LogP) is 3.35. The molecular formula is C13H14FNOS. The molecule has 1 heterocycles. The molecular weight excluding hydrogens is 237 g/mol. The number of ether oxygens (including phenoxy) is 1. The number of nitrogens with two attached hydrogens (primary N) is 1. The van der Waals surface area contributed by atoms with Gasteiger partial charge in [0.1, 0.15) is 17.7 Å². The number of hydrogen-bond donors (Lipinski definition) is 1. The van der Waals surface area contributed by atoms with E-state index in [1.807, 2.05) is 24.4 Å². The third-order valence-electron chi connectivity index (χ3n) is 2.38. The van der Waals surface area contributed by atoms with Gasteiger partial charge in [-0.1, -0.05) is 6.07 Å². The van der Waals surface area contributed by atoms with Crippen molar-refractivity contribution in [3.8, 4) is 5.75 Å². The van der Waals surface area contributed by atoms with Crippen LogP contribution in [0.15, 0.2) is 41.8 Å². The molecule has 0 amide bonds. The van der Waals surface area contributed by atoms with Crippen LogP contribution >= 0.6 is 11.3 Å². The van der Waals surface area contributed by atoms with Gasteiger partial charge in [0.2, 0.25) is 0 Å². The Morgan fingerprint density at radius 3 is 2.47 bits per heavy atom. The van der Waals surface area contributed by atoms with Gasteiger partial charge in [0, 0.05) is 10.9 Å². The van der Waals surface area contributed by atoms with E-state index in [0.29, 0.717) is 5.75 Å². The van der Waals surface area contributed by atoms with E-state index < -0.39 is 0 Å². The molecule has 0 aliphatic carbocycles. The van der Waals surface area contributed by atoms with E-state index in [0.717, 1.165) is 4.88 Å². The number of thiophene rings is 1. The monoisotopic (exact) mass is 251 g/mol. The van der Waals surface area contributed by atoms with Gasteiger partial charge in [-0.15, -0.1) is 11.3 Å². The van der Waals surface area contributed by atoms with Gasteiger partial charge >= 0.3 is 0 Å². The van der Waals surface area contributed by atoms with E-state index in [2.05, 4.69) is 0 Å². The van der Waals surface area contributed by atoms with E-state index in [-0.39, 0.29) is 18.0 Å². The zero-order chi connectivity index (χ0) is 12.3. The normalized spacial score (nSPS) is 14.3. The summed E-state index contributed by atoms with van der Waals surface area (Å²) in [6.07, 6.45) is -0.194. The first-order chi connectivity index (χ1) is 8.16. The van der Waals surface area contributed by atoms with Gasteiger partial charge in [-0.05, 0) is 42.6 Å². The minimum Gasteiger partial charge on any atom is -0.483 e. The number of hydrogen-bond acceptors (Lipinski definition) is 3. The van der Waals surface area contributed by atoms with Crippen molar-refractivity contribution >= 4 is 11.3 Å². The smallest absolute Gasteiger partial charge is 0.148 e. The fourth-order valence-electron chi connectivity index (χ4n) is 1.54. The highest BCUT2D eigenvalue weighted by Gasteiger charge is 2.19. The van der Waals surface area contributed by atoms with E-state index in [1.54, 1.807) is 23.5 Å². The third kappa shape index (κ3) is 3.05. The maximum Gasteiger partial charge on any atom is 0.148 e. The topological polar surface area (TPSA) is 35.2 Å². The molecule has 0 saturated carbocycles. The lowest BCUT2D eigenvalue weighted by Gasteiger charge is -2.21. The highest BCUT2D eigenvalue weighted by atomic mass is 32.1. The predicted molar refractivity (Wildman–Crippen MR) is 67.7 cm³/mol. The first-order valence-electron chi connectivity index (χ1n) is 5.38. The van der Waals surface area contributed by atoms with Crippen LogP contribution in [0, 0.1) is 5.82 Å². The van der Waals surface area contributed by atoms with Crippen LogP contribution < -0.4 is 10.5 Å². The molecule has 0 spiro atoms. The van der Waals surface area contributed by atoms with Crippen LogP contribution in [0.25, 0.3) is 0 Å². The van der Waals surface area contributed by atoms with Crippen molar-refractivity contribution in [2.24, 2.45) is 5.73 Å². The first-order valence-corrected chi connectivity index (χ1v) is 6.26. The van der Waals surface area contributed by atoms with Gasteiger partial charge in [0.05, 0.1) is 0 Å². The third-order valence-corrected chi connectivity index (χ3v) is 3.31. The molecule has 17 heavy (non-hydrogen) atoms. The second-order valence-corrected chi connectivity index (χ2v) is 4.85. The number of benzene rings is 1. The van der Waals surface area contributed by atoms with Gasteiger partial charge in [-0.2, -0.15) is 0 Å². The summed E-state index contributed by atoms with van der Waals surface area (Å²) < 4.78 is 18.6. The molecule has 2 aromatic rings. The molecule has 0 fully saturated rings. The average Bonchev–Trinajstić information content (AvgIpc) is 2.81. The molecule has 0 aliphatic rings. The molecule has 2 nitrogen and oxygen atoms in total. The SMILES string of the molecule is CC(N)C(Oc1ccc(F)cc1)c1cccs1. The highest BCUT2D eigenvalue weighted by Crippen LogP contribution is 2.27. The molecule has 1 aromatic heterocycles. The molecule has 1 aromatic carbocycles. The van der Waals surface area contributed by atoms with Crippen LogP contribution in [-0.2, 0) is 0 Å². The van der Waals surface area contributed by atoms with Crippen LogP contribution in [0.1, 0.15) is 17.9 Å². The summed E-state index contributed by atoms with van der Waals surface area (Å²) in [4.78, 5) is 1.07. The van der Waals surface area contributed by atoms with Crippen molar-refractivity contribution in [3.63, 3.8) is 0 Å². The molecule has 4 heteroatoms. The first kappa shape index (κ1) is 12.1. The summed E-state index contributed by atoms with van der Waals surface area (Å²) in [5, 5.41) is 1.98. The number of halogens is 1. The second-order valence-electron chi connectivity index (χ2n) is 3.87. The Hall–Kier alpha value is -1.39. The van der Waals surface area contributed by atoms with Crippen LogP contribution in [-0.4, -0.2) is 6.04 Å². The van der Waals surface area contributed by atoms with Gasteiger partial charge < -0.3 is 10.5 Å². The Morgan fingerprint density at radius 1 is 1.24 bits per heavy atom. The van der Waals surface area contributed by atoms with Crippen LogP contribution in [0.2, 0.25) is 0 Å². The summed E-state index contributed by atoms with van der Waals surface area (Å²) in [7, 11) is 0. The lowest BCUT2D eigenvalue weighted by molar-refractivity contribution is 0.184. The van der Waals surface area contributed by atoms with Crippen LogP contribution in [0.4, 0.5) is 4.39 Å². The standard InChI is InChI=1S/C13H14FNOS/c1-9(15)13(12-3-2-8-17-12)16-11-6-4-10(14)5-7-11/h2-9,13H,15H2,1H3.